The number of nitrogens with zero attached hydrogens (tertiary/aromatic N) is 3. The van der Waals surface area contributed by atoms with Crippen molar-refractivity contribution in [3.05, 3.63) is 63.2 Å². The van der Waals surface area contributed by atoms with Gasteiger partial charge in [-0.05, 0) is 49.8 Å². The van der Waals surface area contributed by atoms with E-state index in [9.17, 15) is 9.59 Å². The van der Waals surface area contributed by atoms with Crippen LogP contribution in [0.5, 0.6) is 5.75 Å². The number of hydrogen-bond acceptors (Lipinski definition) is 5. The summed E-state index contributed by atoms with van der Waals surface area (Å²) in [5, 5.41) is 7.16. The van der Waals surface area contributed by atoms with E-state index in [1.807, 2.05) is 31.2 Å². The number of ether oxygens (including phenoxy) is 1. The average Bonchev–Trinajstić information content (AvgIpc) is 3.33. The first-order valence-corrected chi connectivity index (χ1v) is 10.1. The molecule has 1 amide bonds. The highest BCUT2D eigenvalue weighted by atomic mass is 16.5. The van der Waals surface area contributed by atoms with Crippen molar-refractivity contribution in [3.63, 3.8) is 0 Å². The number of aromatic nitrogens is 4. The summed E-state index contributed by atoms with van der Waals surface area (Å²) in [5.41, 5.74) is 3.30. The third-order valence-electron chi connectivity index (χ3n) is 5.15. The lowest BCUT2D eigenvalue weighted by atomic mass is 10.0. The first-order valence-electron chi connectivity index (χ1n) is 10.1. The van der Waals surface area contributed by atoms with Gasteiger partial charge in [0.1, 0.15) is 11.6 Å². The summed E-state index contributed by atoms with van der Waals surface area (Å²) < 4.78 is 7.04. The van der Waals surface area contributed by atoms with Gasteiger partial charge in [-0.2, -0.15) is 9.78 Å². The maximum Gasteiger partial charge on any atom is 0.263 e. The molecule has 2 heterocycles. The first kappa shape index (κ1) is 19.9. The molecule has 8 nitrogen and oxygen atoms in total. The molecule has 4 rings (SSSR count). The van der Waals surface area contributed by atoms with Crippen molar-refractivity contribution in [2.24, 2.45) is 0 Å². The molecule has 0 saturated carbocycles. The summed E-state index contributed by atoms with van der Waals surface area (Å²) in [7, 11) is 0. The summed E-state index contributed by atoms with van der Waals surface area (Å²) in [6, 6.07) is 9.42. The molecule has 0 atom stereocenters. The van der Waals surface area contributed by atoms with E-state index >= 15 is 0 Å². The lowest BCUT2D eigenvalue weighted by Crippen LogP contribution is -2.24. The topological polar surface area (TPSA) is 102 Å². The van der Waals surface area contributed by atoms with E-state index in [-0.39, 0.29) is 18.1 Å². The van der Waals surface area contributed by atoms with E-state index in [0.29, 0.717) is 29.1 Å². The zero-order chi connectivity index (χ0) is 21.3. The number of hydrogen-bond donors (Lipinski definition) is 2. The lowest BCUT2D eigenvalue weighted by Gasteiger charge is -2.11. The highest BCUT2D eigenvalue weighted by molar-refractivity contribution is 5.91. The third-order valence-corrected chi connectivity index (χ3v) is 5.15. The number of aromatic amines is 1. The molecule has 3 aromatic rings. The summed E-state index contributed by atoms with van der Waals surface area (Å²) in [6.07, 6.45) is 2.44. The van der Waals surface area contributed by atoms with Crippen LogP contribution in [0, 0.1) is 6.92 Å². The standard InChI is InChI=1S/C22H25N5O3/c1-13(2)15-7-9-16(10-8-15)30-12-20(28)24-19-11-14(3)26-27(19)22-23-18-6-4-5-17(18)21(29)25-22/h7-11,13H,4-6,12H2,1-3H3,(H,24,28)(H,23,25,29). The van der Waals surface area contributed by atoms with Crippen molar-refractivity contribution in [1.29, 1.82) is 0 Å². The predicted octanol–water partition coefficient (Wildman–Crippen LogP) is 2.89. The van der Waals surface area contributed by atoms with Crippen molar-refractivity contribution < 1.29 is 9.53 Å². The van der Waals surface area contributed by atoms with Gasteiger partial charge in [-0.1, -0.05) is 26.0 Å². The van der Waals surface area contributed by atoms with Crippen LogP contribution in [0.3, 0.4) is 0 Å². The van der Waals surface area contributed by atoms with Gasteiger partial charge in [0.2, 0.25) is 5.95 Å². The van der Waals surface area contributed by atoms with E-state index in [0.717, 1.165) is 30.5 Å². The van der Waals surface area contributed by atoms with Crippen molar-refractivity contribution in [2.45, 2.75) is 46.0 Å². The molecule has 0 aliphatic heterocycles. The quantitative estimate of drug-likeness (QED) is 0.654. The van der Waals surface area contributed by atoms with Gasteiger partial charge in [-0.3, -0.25) is 14.6 Å². The molecule has 8 heteroatoms. The monoisotopic (exact) mass is 407 g/mol. The van der Waals surface area contributed by atoms with Gasteiger partial charge in [0, 0.05) is 11.6 Å². The van der Waals surface area contributed by atoms with Crippen LogP contribution in [-0.4, -0.2) is 32.3 Å². The molecule has 2 N–H and O–H groups in total. The Morgan fingerprint density at radius 1 is 1.27 bits per heavy atom. The fourth-order valence-corrected chi connectivity index (χ4v) is 3.56. The van der Waals surface area contributed by atoms with Crippen LogP contribution in [0.2, 0.25) is 0 Å². The Morgan fingerprint density at radius 3 is 2.77 bits per heavy atom. The number of carbonyl (C=O) groups is 1. The van der Waals surface area contributed by atoms with Gasteiger partial charge >= 0.3 is 0 Å². The minimum atomic E-state index is -0.326. The van der Waals surface area contributed by atoms with Crippen LogP contribution in [0.1, 0.15) is 48.7 Å². The Balaban J connectivity index is 1.47. The number of fused-ring (bicyclic) bond motifs is 1. The van der Waals surface area contributed by atoms with Gasteiger partial charge in [0.05, 0.1) is 11.4 Å². The molecule has 1 aromatic carbocycles. The van der Waals surface area contributed by atoms with Crippen LogP contribution in [-0.2, 0) is 17.6 Å². The molecular weight excluding hydrogens is 382 g/mol. The van der Waals surface area contributed by atoms with Crippen molar-refractivity contribution >= 4 is 11.7 Å². The normalized spacial score (nSPS) is 12.8. The fourth-order valence-electron chi connectivity index (χ4n) is 3.56. The Labute approximate surface area is 174 Å². The third kappa shape index (κ3) is 4.12. The minimum absolute atomic E-state index is 0.139. The SMILES string of the molecule is Cc1cc(NC(=O)COc2ccc(C(C)C)cc2)n(-c2nc3c(c(=O)[nH]2)CCC3)n1. The van der Waals surface area contributed by atoms with Crippen LogP contribution in [0.15, 0.2) is 35.1 Å². The average molecular weight is 407 g/mol. The number of aryl methyl sites for hydroxylation is 2. The number of amides is 1. The number of anilines is 1. The van der Waals surface area contributed by atoms with Gasteiger partial charge in [-0.25, -0.2) is 4.98 Å². The molecule has 0 spiro atoms. The van der Waals surface area contributed by atoms with E-state index in [1.54, 1.807) is 6.07 Å². The molecule has 0 saturated heterocycles. The highest BCUT2D eigenvalue weighted by Crippen LogP contribution is 2.20. The van der Waals surface area contributed by atoms with Gasteiger partial charge in [0.25, 0.3) is 11.5 Å². The zero-order valence-electron chi connectivity index (χ0n) is 17.4. The predicted molar refractivity (Wildman–Crippen MR) is 113 cm³/mol. The number of carbonyl (C=O) groups excluding carboxylic acids is 1. The van der Waals surface area contributed by atoms with Crippen molar-refractivity contribution in [3.8, 4) is 11.7 Å². The van der Waals surface area contributed by atoms with Crippen molar-refractivity contribution in [1.82, 2.24) is 19.7 Å². The second-order valence-electron chi connectivity index (χ2n) is 7.81. The maximum absolute atomic E-state index is 12.4. The van der Waals surface area contributed by atoms with E-state index in [4.69, 9.17) is 4.74 Å². The van der Waals surface area contributed by atoms with Crippen LogP contribution < -0.4 is 15.6 Å². The molecule has 0 bridgehead atoms. The molecule has 156 valence electrons. The number of H-pyrrole nitrogens is 1. The van der Waals surface area contributed by atoms with E-state index < -0.39 is 0 Å². The van der Waals surface area contributed by atoms with Crippen molar-refractivity contribution in [2.75, 3.05) is 11.9 Å². The lowest BCUT2D eigenvalue weighted by molar-refractivity contribution is -0.118. The van der Waals surface area contributed by atoms with Gasteiger partial charge in [0.15, 0.2) is 6.61 Å². The van der Waals surface area contributed by atoms with Gasteiger partial charge < -0.3 is 10.1 Å². The molecule has 0 unspecified atom stereocenters. The molecule has 2 aromatic heterocycles. The molecule has 1 aliphatic carbocycles. The second kappa shape index (κ2) is 8.14. The summed E-state index contributed by atoms with van der Waals surface area (Å²) in [5.74, 6) is 1.47. The molecule has 0 fully saturated rings. The van der Waals surface area contributed by atoms with Crippen LogP contribution in [0.4, 0.5) is 5.82 Å². The first-order chi connectivity index (χ1) is 14.4. The Bertz CT molecular complexity index is 1130. The number of rotatable bonds is 6. The number of nitrogens with one attached hydrogen (secondary N) is 2. The van der Waals surface area contributed by atoms with Crippen LogP contribution in [0.25, 0.3) is 5.95 Å². The smallest absolute Gasteiger partial charge is 0.263 e. The van der Waals surface area contributed by atoms with Gasteiger partial charge in [-0.15, -0.1) is 0 Å². The number of benzene rings is 1. The van der Waals surface area contributed by atoms with E-state index in [2.05, 4.69) is 34.2 Å². The summed E-state index contributed by atoms with van der Waals surface area (Å²) >= 11 is 0. The summed E-state index contributed by atoms with van der Waals surface area (Å²) in [4.78, 5) is 32.1. The van der Waals surface area contributed by atoms with E-state index in [1.165, 1.54) is 10.2 Å². The van der Waals surface area contributed by atoms with Crippen LogP contribution >= 0.6 is 0 Å². The minimum Gasteiger partial charge on any atom is -0.484 e. The molecule has 30 heavy (non-hydrogen) atoms. The molecule has 1 aliphatic rings. The maximum atomic E-state index is 12.4. The molecule has 0 radical (unpaired) electrons. The Kier molecular flexibility index (Phi) is 5.39. The Hall–Kier alpha value is -3.42. The highest BCUT2D eigenvalue weighted by Gasteiger charge is 2.20. The Morgan fingerprint density at radius 2 is 2.03 bits per heavy atom. The second-order valence-corrected chi connectivity index (χ2v) is 7.81. The fraction of sp³-hybridized carbons (Fsp3) is 0.364. The molecular formula is C22H25N5O3. The summed E-state index contributed by atoms with van der Waals surface area (Å²) in [6.45, 7) is 5.92. The largest absolute Gasteiger partial charge is 0.484 e. The zero-order valence-corrected chi connectivity index (χ0v) is 17.4.